The smallest absolute Gasteiger partial charge is 0.471 e. The second-order valence-corrected chi connectivity index (χ2v) is 9.37. The number of fused-ring (bicyclic) bond motifs is 1. The molecule has 184 valence electrons. The number of amides is 1. The first kappa shape index (κ1) is 25.7. The Kier molecular flexibility index (Phi) is 7.65. The van der Waals surface area contributed by atoms with Crippen molar-refractivity contribution in [3.05, 3.63) is 58.1 Å². The van der Waals surface area contributed by atoms with Crippen LogP contribution in [0.5, 0.6) is 0 Å². The SMILES string of the molecule is CC(C)(C)OC([O-])=Nc1ccc(CNc2c(Cl)ccc3c2CCN(C(=O)C(F)(F)F)CC3)cc1. The number of nitrogens with one attached hydrogen (secondary N) is 1. The number of carbonyl (C=O) groups excluding carboxylic acids is 1. The Hall–Kier alpha value is -2.94. The minimum atomic E-state index is -4.89. The van der Waals surface area contributed by atoms with Gasteiger partial charge < -0.3 is 20.1 Å². The first-order chi connectivity index (χ1) is 15.8. The maximum atomic E-state index is 12.9. The second-order valence-electron chi connectivity index (χ2n) is 8.96. The van der Waals surface area contributed by atoms with Gasteiger partial charge in [-0.3, -0.25) is 4.79 Å². The van der Waals surface area contributed by atoms with E-state index < -0.39 is 23.8 Å². The predicted octanol–water partition coefficient (Wildman–Crippen LogP) is 4.60. The Labute approximate surface area is 201 Å². The fraction of sp³-hybridized carbons (Fsp3) is 0.417. The fourth-order valence-electron chi connectivity index (χ4n) is 3.64. The van der Waals surface area contributed by atoms with Crippen molar-refractivity contribution >= 4 is 35.0 Å². The zero-order valence-corrected chi connectivity index (χ0v) is 19.9. The van der Waals surface area contributed by atoms with E-state index in [1.54, 1.807) is 57.2 Å². The topological polar surface area (TPSA) is 77.0 Å². The monoisotopic (exact) mass is 496 g/mol. The van der Waals surface area contributed by atoms with E-state index in [9.17, 15) is 23.1 Å². The zero-order chi connectivity index (χ0) is 25.1. The van der Waals surface area contributed by atoms with Crippen molar-refractivity contribution in [3.8, 4) is 0 Å². The van der Waals surface area contributed by atoms with E-state index >= 15 is 0 Å². The van der Waals surface area contributed by atoms with Crippen LogP contribution in [-0.4, -0.2) is 41.8 Å². The molecule has 1 aliphatic rings. The molecule has 1 aliphatic heterocycles. The van der Waals surface area contributed by atoms with Gasteiger partial charge in [0.05, 0.1) is 16.4 Å². The Bertz CT molecular complexity index is 1060. The molecule has 3 rings (SSSR count). The highest BCUT2D eigenvalue weighted by Crippen LogP contribution is 2.33. The minimum Gasteiger partial charge on any atom is -0.594 e. The lowest BCUT2D eigenvalue weighted by Gasteiger charge is -2.29. The Morgan fingerprint density at radius 3 is 2.38 bits per heavy atom. The molecule has 0 atom stereocenters. The summed E-state index contributed by atoms with van der Waals surface area (Å²) < 4.78 is 43.8. The summed E-state index contributed by atoms with van der Waals surface area (Å²) in [6.07, 6.45) is -5.00. The summed E-state index contributed by atoms with van der Waals surface area (Å²) in [5.41, 5.74) is 3.02. The first-order valence-corrected chi connectivity index (χ1v) is 11.1. The van der Waals surface area contributed by atoms with Crippen molar-refractivity contribution < 1.29 is 27.8 Å². The number of hydrogen-bond acceptors (Lipinski definition) is 5. The summed E-state index contributed by atoms with van der Waals surface area (Å²) in [5.74, 6) is -1.82. The third-order valence-corrected chi connectivity index (χ3v) is 5.51. The summed E-state index contributed by atoms with van der Waals surface area (Å²) in [6, 6.07) is 10.5. The fourth-order valence-corrected chi connectivity index (χ4v) is 3.88. The molecule has 34 heavy (non-hydrogen) atoms. The van der Waals surface area contributed by atoms with Gasteiger partial charge in [-0.05, 0) is 47.7 Å². The number of halogens is 4. The van der Waals surface area contributed by atoms with Crippen LogP contribution in [-0.2, 0) is 28.9 Å². The lowest BCUT2D eigenvalue weighted by molar-refractivity contribution is -0.259. The zero-order valence-electron chi connectivity index (χ0n) is 19.1. The van der Waals surface area contributed by atoms with Gasteiger partial charge in [0.2, 0.25) is 0 Å². The number of benzene rings is 2. The molecule has 2 aromatic carbocycles. The van der Waals surface area contributed by atoms with Gasteiger partial charge in [-0.25, -0.2) is 4.99 Å². The Morgan fingerprint density at radius 2 is 1.76 bits per heavy atom. The first-order valence-electron chi connectivity index (χ1n) is 10.8. The van der Waals surface area contributed by atoms with Crippen LogP contribution in [0.1, 0.15) is 37.5 Å². The number of anilines is 1. The van der Waals surface area contributed by atoms with Gasteiger partial charge in [0.25, 0.3) is 0 Å². The van der Waals surface area contributed by atoms with Crippen LogP contribution in [0.15, 0.2) is 41.4 Å². The highest BCUT2D eigenvalue weighted by Gasteiger charge is 2.42. The molecule has 0 radical (unpaired) electrons. The number of nitrogens with zero attached hydrogens (tertiary/aromatic N) is 2. The van der Waals surface area contributed by atoms with Crippen molar-refractivity contribution in [3.63, 3.8) is 0 Å². The standard InChI is InChI=1S/C24H27ClF3N3O3/c1-23(2,3)34-22(33)30-17-7-4-15(5-8-17)14-29-20-18-11-13-31(21(32)24(26,27)28)12-10-16(18)6-9-19(20)25/h4-9,29H,10-14H2,1-3H3,(H,30,33)/p-1. The molecule has 1 amide bonds. The molecule has 0 saturated carbocycles. The van der Waals surface area contributed by atoms with E-state index in [-0.39, 0.29) is 19.5 Å². The highest BCUT2D eigenvalue weighted by atomic mass is 35.5. The van der Waals surface area contributed by atoms with Gasteiger partial charge in [-0.15, -0.1) is 0 Å². The van der Waals surface area contributed by atoms with Gasteiger partial charge >= 0.3 is 12.1 Å². The van der Waals surface area contributed by atoms with Crippen LogP contribution in [0.3, 0.4) is 0 Å². The molecule has 0 saturated heterocycles. The summed E-state index contributed by atoms with van der Waals surface area (Å²) in [4.78, 5) is 16.4. The third kappa shape index (κ3) is 6.79. The number of alkyl halides is 3. The van der Waals surface area contributed by atoms with Gasteiger partial charge in [0.1, 0.15) is 0 Å². The van der Waals surface area contributed by atoms with E-state index in [1.165, 1.54) is 0 Å². The maximum absolute atomic E-state index is 12.9. The van der Waals surface area contributed by atoms with Crippen LogP contribution in [0.4, 0.5) is 24.5 Å². The van der Waals surface area contributed by atoms with Crippen LogP contribution < -0.4 is 10.4 Å². The second kappa shape index (κ2) is 10.1. The van der Waals surface area contributed by atoms with Gasteiger partial charge in [0, 0.05) is 25.2 Å². The summed E-state index contributed by atoms with van der Waals surface area (Å²) in [7, 11) is 0. The third-order valence-electron chi connectivity index (χ3n) is 5.19. The van der Waals surface area contributed by atoms with Crippen molar-refractivity contribution in [2.45, 2.75) is 51.9 Å². The molecule has 1 N–H and O–H groups in total. The lowest BCUT2D eigenvalue weighted by Crippen LogP contribution is -2.42. The van der Waals surface area contributed by atoms with Crippen molar-refractivity contribution in [2.24, 2.45) is 4.99 Å². The van der Waals surface area contributed by atoms with Gasteiger partial charge in [-0.1, -0.05) is 50.6 Å². The lowest BCUT2D eigenvalue weighted by atomic mass is 10.0. The average Bonchev–Trinajstić information content (AvgIpc) is 2.94. The maximum Gasteiger partial charge on any atom is 0.471 e. The number of aliphatic imine (C=N–C) groups is 1. The van der Waals surface area contributed by atoms with Crippen LogP contribution in [0, 0.1) is 0 Å². The number of carbonyl (C=O) groups is 1. The molecule has 1 heterocycles. The normalized spacial score (nSPS) is 14.9. The number of rotatable bonds is 4. The average molecular weight is 497 g/mol. The molecule has 6 nitrogen and oxygen atoms in total. The Balaban J connectivity index is 1.70. The molecule has 0 unspecified atom stereocenters. The molecular weight excluding hydrogens is 471 g/mol. The largest absolute Gasteiger partial charge is 0.594 e. The predicted molar refractivity (Wildman–Crippen MR) is 123 cm³/mol. The van der Waals surface area contributed by atoms with E-state index in [0.29, 0.717) is 29.4 Å². The summed E-state index contributed by atoms with van der Waals surface area (Å²) in [6.45, 7) is 5.63. The van der Waals surface area contributed by atoms with Gasteiger partial charge in [-0.2, -0.15) is 13.2 Å². The van der Waals surface area contributed by atoms with Crippen molar-refractivity contribution in [1.82, 2.24) is 4.90 Å². The van der Waals surface area contributed by atoms with Crippen LogP contribution >= 0.6 is 11.6 Å². The molecule has 0 aliphatic carbocycles. The summed E-state index contributed by atoms with van der Waals surface area (Å²) in [5, 5.41) is 15.6. The van der Waals surface area contributed by atoms with E-state index in [0.717, 1.165) is 21.6 Å². The minimum absolute atomic E-state index is 0.00493. The molecule has 0 aromatic heterocycles. The molecule has 10 heteroatoms. The number of ether oxygens (including phenoxy) is 1. The van der Waals surface area contributed by atoms with Crippen molar-refractivity contribution in [2.75, 3.05) is 18.4 Å². The molecule has 0 fully saturated rings. The quantitative estimate of drug-likeness (QED) is 0.495. The van der Waals surface area contributed by atoms with Gasteiger partial charge in [0.15, 0.2) is 6.08 Å². The molecule has 0 spiro atoms. The van der Waals surface area contributed by atoms with Crippen molar-refractivity contribution in [1.29, 1.82) is 0 Å². The summed E-state index contributed by atoms with van der Waals surface area (Å²) >= 11 is 6.40. The molecular formula is C24H26ClF3N3O3-. The van der Waals surface area contributed by atoms with E-state index in [4.69, 9.17) is 16.3 Å². The van der Waals surface area contributed by atoms with E-state index in [2.05, 4.69) is 10.3 Å². The van der Waals surface area contributed by atoms with Crippen LogP contribution in [0.2, 0.25) is 5.02 Å². The van der Waals surface area contributed by atoms with Crippen LogP contribution in [0.25, 0.3) is 0 Å². The Morgan fingerprint density at radius 1 is 1.12 bits per heavy atom. The highest BCUT2D eigenvalue weighted by molar-refractivity contribution is 6.33. The number of hydrogen-bond donors (Lipinski definition) is 1. The molecule has 0 bridgehead atoms. The molecule has 2 aromatic rings. The van der Waals surface area contributed by atoms with E-state index in [1.807, 2.05) is 0 Å².